The fraction of sp³-hybridized carbons (Fsp3) is 0.0667. The number of carbonyl (C=O) groups excluding carboxylic acids is 1. The molecule has 3 nitrogen and oxygen atoms in total. The first kappa shape index (κ1) is 16.3. The van der Waals surface area contributed by atoms with Crippen molar-refractivity contribution in [2.45, 2.75) is 6.18 Å². The largest absolute Gasteiger partial charge is 0.416 e. The van der Waals surface area contributed by atoms with Crippen LogP contribution in [-0.2, 0) is 6.18 Å². The maximum atomic E-state index is 13.5. The molecule has 1 amide bonds. The van der Waals surface area contributed by atoms with Crippen LogP contribution < -0.4 is 5.32 Å². The third-order valence-electron chi connectivity index (χ3n) is 3.13. The van der Waals surface area contributed by atoms with Crippen LogP contribution in [0.4, 0.5) is 27.1 Å². The molecule has 0 saturated carbocycles. The van der Waals surface area contributed by atoms with E-state index in [2.05, 4.69) is 10.3 Å². The van der Waals surface area contributed by atoms with E-state index in [0.29, 0.717) is 0 Å². The van der Waals surface area contributed by atoms with E-state index in [-0.39, 0.29) is 15.3 Å². The highest BCUT2D eigenvalue weighted by molar-refractivity contribution is 7.22. The lowest BCUT2D eigenvalue weighted by molar-refractivity contribution is -0.137. The van der Waals surface area contributed by atoms with Crippen molar-refractivity contribution >= 4 is 32.6 Å². The van der Waals surface area contributed by atoms with Crippen LogP contribution in [0.1, 0.15) is 15.9 Å². The number of hydrogen-bond acceptors (Lipinski definition) is 3. The number of alkyl halides is 3. The fourth-order valence-electron chi connectivity index (χ4n) is 2.03. The van der Waals surface area contributed by atoms with Gasteiger partial charge in [-0.1, -0.05) is 17.4 Å². The summed E-state index contributed by atoms with van der Waals surface area (Å²) in [6.07, 6.45) is -4.50. The summed E-state index contributed by atoms with van der Waals surface area (Å²) in [5.41, 5.74) is -1.40. The number of aromatic nitrogens is 1. The maximum absolute atomic E-state index is 13.5. The molecule has 0 unspecified atom stereocenters. The second kappa shape index (κ2) is 5.82. The van der Waals surface area contributed by atoms with Gasteiger partial charge in [-0.15, -0.1) is 0 Å². The van der Waals surface area contributed by atoms with Crippen LogP contribution >= 0.6 is 11.3 Å². The fourth-order valence-corrected chi connectivity index (χ4v) is 2.93. The summed E-state index contributed by atoms with van der Waals surface area (Å²) in [6, 6.07) is 5.88. The number of amides is 1. The van der Waals surface area contributed by atoms with E-state index in [1.165, 1.54) is 0 Å². The molecule has 24 heavy (non-hydrogen) atoms. The molecule has 9 heteroatoms. The van der Waals surface area contributed by atoms with Gasteiger partial charge in [0.15, 0.2) is 5.13 Å². The Morgan fingerprint density at radius 2 is 1.75 bits per heavy atom. The van der Waals surface area contributed by atoms with Gasteiger partial charge in [-0.25, -0.2) is 13.8 Å². The molecule has 0 bridgehead atoms. The van der Waals surface area contributed by atoms with Gasteiger partial charge in [0.1, 0.15) is 17.2 Å². The van der Waals surface area contributed by atoms with Gasteiger partial charge in [0.2, 0.25) is 0 Å². The molecule has 0 aliphatic heterocycles. The van der Waals surface area contributed by atoms with Gasteiger partial charge < -0.3 is 0 Å². The van der Waals surface area contributed by atoms with Crippen LogP contribution in [0.25, 0.3) is 10.2 Å². The van der Waals surface area contributed by atoms with E-state index >= 15 is 0 Å². The summed E-state index contributed by atoms with van der Waals surface area (Å²) in [5, 5.41) is 2.14. The Morgan fingerprint density at radius 1 is 1.08 bits per heavy atom. The molecule has 124 valence electrons. The SMILES string of the molecule is O=C(Nc1nc2ccc(C(F)(F)F)cc2s1)c1c(F)cccc1F. The second-order valence-electron chi connectivity index (χ2n) is 4.75. The number of nitrogens with one attached hydrogen (secondary N) is 1. The molecule has 0 saturated heterocycles. The van der Waals surface area contributed by atoms with Crippen LogP contribution in [-0.4, -0.2) is 10.9 Å². The Labute approximate surface area is 135 Å². The number of hydrogen-bond donors (Lipinski definition) is 1. The van der Waals surface area contributed by atoms with Crippen molar-refractivity contribution in [2.75, 3.05) is 5.32 Å². The first-order valence-electron chi connectivity index (χ1n) is 6.49. The highest BCUT2D eigenvalue weighted by atomic mass is 32.1. The molecular weight excluding hydrogens is 351 g/mol. The number of halogens is 5. The number of fused-ring (bicyclic) bond motifs is 1. The van der Waals surface area contributed by atoms with Crippen molar-refractivity contribution in [3.8, 4) is 0 Å². The molecule has 1 aromatic heterocycles. The molecular formula is C15H7F5N2OS. The van der Waals surface area contributed by atoms with Crippen molar-refractivity contribution in [3.05, 3.63) is 59.2 Å². The van der Waals surface area contributed by atoms with E-state index in [4.69, 9.17) is 0 Å². The quantitative estimate of drug-likeness (QED) is 0.666. The first-order chi connectivity index (χ1) is 11.3. The predicted molar refractivity (Wildman–Crippen MR) is 78.9 cm³/mol. The topological polar surface area (TPSA) is 42.0 Å². The molecule has 0 fully saturated rings. The van der Waals surface area contributed by atoms with Gasteiger partial charge in [0.25, 0.3) is 5.91 Å². The molecule has 1 N–H and O–H groups in total. The van der Waals surface area contributed by atoms with Crippen LogP contribution in [0.2, 0.25) is 0 Å². The number of thiazole rings is 1. The zero-order valence-corrected chi connectivity index (χ0v) is 12.4. The highest BCUT2D eigenvalue weighted by Gasteiger charge is 2.30. The van der Waals surface area contributed by atoms with Crippen LogP contribution in [0.5, 0.6) is 0 Å². The molecule has 3 aromatic rings. The van der Waals surface area contributed by atoms with Gasteiger partial charge in [0, 0.05) is 0 Å². The number of benzene rings is 2. The lowest BCUT2D eigenvalue weighted by atomic mass is 10.2. The highest BCUT2D eigenvalue weighted by Crippen LogP contribution is 2.34. The molecule has 1 heterocycles. The summed E-state index contributed by atoms with van der Waals surface area (Å²) in [4.78, 5) is 15.9. The van der Waals surface area contributed by atoms with Crippen molar-refractivity contribution < 1.29 is 26.7 Å². The lowest BCUT2D eigenvalue weighted by Gasteiger charge is -2.04. The van der Waals surface area contributed by atoms with Gasteiger partial charge in [-0.05, 0) is 30.3 Å². The van der Waals surface area contributed by atoms with E-state index < -0.39 is 34.8 Å². The minimum Gasteiger partial charge on any atom is -0.298 e. The van der Waals surface area contributed by atoms with Crippen LogP contribution in [0.15, 0.2) is 36.4 Å². The predicted octanol–water partition coefficient (Wildman–Crippen LogP) is 4.85. The Bertz CT molecular complexity index is 915. The van der Waals surface area contributed by atoms with E-state index in [9.17, 15) is 26.7 Å². The average molecular weight is 358 g/mol. The van der Waals surface area contributed by atoms with Crippen LogP contribution in [0, 0.1) is 11.6 Å². The average Bonchev–Trinajstić information content (AvgIpc) is 2.87. The Hall–Kier alpha value is -2.55. The van der Waals surface area contributed by atoms with Gasteiger partial charge in [-0.2, -0.15) is 13.2 Å². The number of rotatable bonds is 2. The summed E-state index contributed by atoms with van der Waals surface area (Å²) in [5.74, 6) is -3.17. The molecule has 0 atom stereocenters. The maximum Gasteiger partial charge on any atom is 0.416 e. The Balaban J connectivity index is 1.92. The zero-order chi connectivity index (χ0) is 17.5. The molecule has 2 aromatic carbocycles. The third kappa shape index (κ3) is 3.07. The monoisotopic (exact) mass is 358 g/mol. The smallest absolute Gasteiger partial charge is 0.298 e. The van der Waals surface area contributed by atoms with Crippen LogP contribution in [0.3, 0.4) is 0 Å². The number of anilines is 1. The second-order valence-corrected chi connectivity index (χ2v) is 5.78. The minimum atomic E-state index is -4.50. The van der Waals surface area contributed by atoms with Crippen molar-refractivity contribution in [1.29, 1.82) is 0 Å². The zero-order valence-electron chi connectivity index (χ0n) is 11.6. The van der Waals surface area contributed by atoms with E-state index in [1.54, 1.807) is 0 Å². The van der Waals surface area contributed by atoms with Gasteiger partial charge in [0.05, 0.1) is 15.8 Å². The minimum absolute atomic E-state index is 0.0584. The third-order valence-corrected chi connectivity index (χ3v) is 4.06. The lowest BCUT2D eigenvalue weighted by Crippen LogP contribution is -2.15. The van der Waals surface area contributed by atoms with E-state index in [1.807, 2.05) is 0 Å². The van der Waals surface area contributed by atoms with Gasteiger partial charge in [-0.3, -0.25) is 10.1 Å². The molecule has 0 aliphatic rings. The number of nitrogens with zero attached hydrogens (tertiary/aromatic N) is 1. The summed E-state index contributed by atoms with van der Waals surface area (Å²) in [6.45, 7) is 0. The Morgan fingerprint density at radius 3 is 2.38 bits per heavy atom. The molecule has 3 rings (SSSR count). The summed E-state index contributed by atoms with van der Waals surface area (Å²) >= 11 is 0.774. The van der Waals surface area contributed by atoms with Crippen molar-refractivity contribution in [1.82, 2.24) is 4.98 Å². The number of carbonyl (C=O) groups is 1. The van der Waals surface area contributed by atoms with E-state index in [0.717, 1.165) is 47.7 Å². The molecule has 0 aliphatic carbocycles. The van der Waals surface area contributed by atoms with Gasteiger partial charge >= 0.3 is 6.18 Å². The standard InChI is InChI=1S/C15H7F5N2OS/c16-8-2-1-3-9(17)12(8)13(23)22-14-21-10-5-4-7(15(18,19)20)6-11(10)24-14/h1-6H,(H,21,22,23). The summed E-state index contributed by atoms with van der Waals surface area (Å²) in [7, 11) is 0. The Kier molecular flexibility index (Phi) is 3.96. The summed E-state index contributed by atoms with van der Waals surface area (Å²) < 4.78 is 65.3. The van der Waals surface area contributed by atoms with Crippen molar-refractivity contribution in [3.63, 3.8) is 0 Å². The first-order valence-corrected chi connectivity index (χ1v) is 7.30. The molecule has 0 radical (unpaired) electrons. The normalized spacial score (nSPS) is 11.7. The molecule has 0 spiro atoms. The van der Waals surface area contributed by atoms with Crippen molar-refractivity contribution in [2.24, 2.45) is 0 Å².